The van der Waals surface area contributed by atoms with Crippen molar-refractivity contribution in [2.45, 2.75) is 36.6 Å². The van der Waals surface area contributed by atoms with Gasteiger partial charge < -0.3 is 10.2 Å². The maximum Gasteiger partial charge on any atom is 0.322 e. The van der Waals surface area contributed by atoms with Crippen molar-refractivity contribution >= 4 is 38.8 Å². The Morgan fingerprint density at radius 2 is 1.93 bits per heavy atom. The number of nitrogens with zero attached hydrogens (tertiary/aromatic N) is 2. The zero-order chi connectivity index (χ0) is 21.3. The Labute approximate surface area is 180 Å². The molecule has 0 atom stereocenters. The van der Waals surface area contributed by atoms with Crippen molar-refractivity contribution in [2.24, 2.45) is 0 Å². The second-order valence-corrected chi connectivity index (χ2v) is 10.9. The second-order valence-electron chi connectivity index (χ2n) is 7.83. The summed E-state index contributed by atoms with van der Waals surface area (Å²) in [7, 11) is -3.26. The van der Waals surface area contributed by atoms with Crippen LogP contribution in [0.25, 0.3) is 0 Å². The van der Waals surface area contributed by atoms with E-state index in [-0.39, 0.29) is 22.9 Å². The minimum absolute atomic E-state index is 0.0302. The average Bonchev–Trinajstić information content (AvgIpc) is 3.36. The highest BCUT2D eigenvalue weighted by atomic mass is 32.2. The predicted molar refractivity (Wildman–Crippen MR) is 117 cm³/mol. The van der Waals surface area contributed by atoms with Crippen LogP contribution < -0.4 is 10.2 Å². The first-order chi connectivity index (χ1) is 14.3. The number of fused-ring (bicyclic) bond motifs is 1. The van der Waals surface area contributed by atoms with Gasteiger partial charge in [-0.3, -0.25) is 9.69 Å². The molecule has 2 aromatic rings. The lowest BCUT2D eigenvalue weighted by Gasteiger charge is -2.33. The van der Waals surface area contributed by atoms with Crippen LogP contribution in [0.3, 0.4) is 0 Å². The van der Waals surface area contributed by atoms with Crippen LogP contribution in [0.15, 0.2) is 40.6 Å². The number of hydrogen-bond donors (Lipinski definition) is 1. The molecule has 1 aromatic carbocycles. The minimum atomic E-state index is -3.26. The smallest absolute Gasteiger partial charge is 0.322 e. The molecule has 3 amide bonds. The summed E-state index contributed by atoms with van der Waals surface area (Å²) in [5.74, 6) is 0.136. The molecule has 0 saturated carbocycles. The quantitative estimate of drug-likeness (QED) is 0.780. The fraction of sp³-hybridized carbons (Fsp3) is 0.429. The van der Waals surface area contributed by atoms with Crippen LogP contribution in [-0.4, -0.2) is 57.2 Å². The molecule has 2 aliphatic rings. The van der Waals surface area contributed by atoms with Crippen LogP contribution in [-0.2, 0) is 27.5 Å². The molecule has 7 nitrogen and oxygen atoms in total. The number of anilines is 1. The summed E-state index contributed by atoms with van der Waals surface area (Å²) in [6, 6.07) is 8.72. The molecular formula is C21H25N3O4S2. The number of hydrogen-bond acceptors (Lipinski definition) is 5. The van der Waals surface area contributed by atoms with Gasteiger partial charge in [0, 0.05) is 42.5 Å². The third kappa shape index (κ3) is 4.52. The molecule has 4 rings (SSSR count). The second kappa shape index (κ2) is 8.39. The zero-order valence-electron chi connectivity index (χ0n) is 16.8. The maximum atomic E-state index is 12.8. The first-order valence-electron chi connectivity index (χ1n) is 10.0. The van der Waals surface area contributed by atoms with Crippen molar-refractivity contribution < 1.29 is 18.0 Å². The van der Waals surface area contributed by atoms with Gasteiger partial charge in [-0.25, -0.2) is 13.2 Å². The van der Waals surface area contributed by atoms with E-state index < -0.39 is 9.84 Å². The normalized spacial score (nSPS) is 17.1. The molecule has 0 aliphatic carbocycles. The molecule has 1 fully saturated rings. The number of carbonyl (C=O) groups is 2. The van der Waals surface area contributed by atoms with Gasteiger partial charge in [-0.1, -0.05) is 6.07 Å². The molecule has 0 unspecified atom stereocenters. The van der Waals surface area contributed by atoms with Crippen LogP contribution in [0, 0.1) is 0 Å². The van der Waals surface area contributed by atoms with Crippen LogP contribution in [0.1, 0.15) is 23.3 Å². The summed E-state index contributed by atoms with van der Waals surface area (Å²) in [5, 5.41) is 5.06. The Balaban J connectivity index is 1.31. The maximum absolute atomic E-state index is 12.8. The number of benzene rings is 1. The number of amides is 3. The van der Waals surface area contributed by atoms with Crippen LogP contribution in [0.5, 0.6) is 0 Å². The largest absolute Gasteiger partial charge is 0.342 e. The van der Waals surface area contributed by atoms with E-state index in [1.807, 2.05) is 22.4 Å². The van der Waals surface area contributed by atoms with E-state index in [0.717, 1.165) is 29.0 Å². The molecule has 30 heavy (non-hydrogen) atoms. The highest BCUT2D eigenvalue weighted by molar-refractivity contribution is 7.90. The number of urea groups is 1. The Kier molecular flexibility index (Phi) is 5.84. The van der Waals surface area contributed by atoms with E-state index in [2.05, 4.69) is 5.32 Å². The molecule has 1 saturated heterocycles. The summed E-state index contributed by atoms with van der Waals surface area (Å²) < 4.78 is 23.5. The minimum Gasteiger partial charge on any atom is -0.342 e. The lowest BCUT2D eigenvalue weighted by atomic mass is 10.0. The Bertz CT molecular complexity index is 1040. The third-order valence-electron chi connectivity index (χ3n) is 5.70. The Morgan fingerprint density at radius 3 is 2.60 bits per heavy atom. The number of carbonyl (C=O) groups excluding carboxylic acids is 2. The molecular weight excluding hydrogens is 422 g/mol. The van der Waals surface area contributed by atoms with E-state index in [0.29, 0.717) is 32.5 Å². The lowest BCUT2D eigenvalue weighted by Crippen LogP contribution is -2.50. The van der Waals surface area contributed by atoms with Gasteiger partial charge in [-0.05, 0) is 54.5 Å². The molecule has 0 spiro atoms. The summed E-state index contributed by atoms with van der Waals surface area (Å²) in [6.45, 7) is 1.82. The van der Waals surface area contributed by atoms with E-state index >= 15 is 0 Å². The van der Waals surface area contributed by atoms with Crippen LogP contribution >= 0.6 is 11.3 Å². The van der Waals surface area contributed by atoms with Gasteiger partial charge >= 0.3 is 6.03 Å². The van der Waals surface area contributed by atoms with E-state index in [1.165, 1.54) is 6.26 Å². The standard InChI is InChI=1S/C21H25N3O4S2/c1-30(27,28)18-4-5-19-15(13-18)6-11-24(19)21(26)22-16-7-9-23(10-8-16)20(25)14-17-3-2-12-29-17/h2-5,12-13,16H,6-11,14H2,1H3,(H,22,26). The summed E-state index contributed by atoms with van der Waals surface area (Å²) in [6.07, 6.45) is 3.73. The van der Waals surface area contributed by atoms with Gasteiger partial charge in [-0.15, -0.1) is 11.3 Å². The van der Waals surface area contributed by atoms with E-state index in [1.54, 1.807) is 34.4 Å². The number of nitrogens with one attached hydrogen (secondary N) is 1. The SMILES string of the molecule is CS(=O)(=O)c1ccc2c(c1)CCN2C(=O)NC1CCN(C(=O)Cc2cccs2)CC1. The molecule has 160 valence electrons. The highest BCUT2D eigenvalue weighted by Gasteiger charge is 2.29. The monoisotopic (exact) mass is 447 g/mol. The first-order valence-corrected chi connectivity index (χ1v) is 12.8. The van der Waals surface area contributed by atoms with Gasteiger partial charge in [0.25, 0.3) is 0 Å². The van der Waals surface area contributed by atoms with Crippen molar-refractivity contribution in [2.75, 3.05) is 30.8 Å². The number of sulfone groups is 1. The fourth-order valence-electron chi connectivity index (χ4n) is 4.02. The molecule has 1 N–H and O–H groups in total. The van der Waals surface area contributed by atoms with Crippen LogP contribution in [0.4, 0.5) is 10.5 Å². The molecule has 2 aliphatic heterocycles. The highest BCUT2D eigenvalue weighted by Crippen LogP contribution is 2.30. The van der Waals surface area contributed by atoms with E-state index in [4.69, 9.17) is 0 Å². The molecule has 0 radical (unpaired) electrons. The van der Waals surface area contributed by atoms with Crippen molar-refractivity contribution in [3.8, 4) is 0 Å². The van der Waals surface area contributed by atoms with E-state index in [9.17, 15) is 18.0 Å². The van der Waals surface area contributed by atoms with Gasteiger partial charge in [0.1, 0.15) is 0 Å². The van der Waals surface area contributed by atoms with Crippen molar-refractivity contribution in [1.82, 2.24) is 10.2 Å². The predicted octanol–water partition coefficient (Wildman–Crippen LogP) is 2.46. The number of likely N-dealkylation sites (tertiary alicyclic amines) is 1. The van der Waals surface area contributed by atoms with Gasteiger partial charge in [0.15, 0.2) is 9.84 Å². The fourth-order valence-corrected chi connectivity index (χ4v) is 5.39. The average molecular weight is 448 g/mol. The van der Waals surface area contributed by atoms with Crippen molar-refractivity contribution in [1.29, 1.82) is 0 Å². The lowest BCUT2D eigenvalue weighted by molar-refractivity contribution is -0.131. The molecule has 9 heteroatoms. The Hall–Kier alpha value is -2.39. The summed E-state index contributed by atoms with van der Waals surface area (Å²) in [4.78, 5) is 30.1. The van der Waals surface area contributed by atoms with Crippen molar-refractivity contribution in [3.05, 3.63) is 46.2 Å². The number of thiophene rings is 1. The van der Waals surface area contributed by atoms with Gasteiger partial charge in [0.05, 0.1) is 11.3 Å². The number of rotatable bonds is 4. The van der Waals surface area contributed by atoms with Gasteiger partial charge in [0.2, 0.25) is 5.91 Å². The first kappa shape index (κ1) is 20.9. The Morgan fingerprint density at radius 1 is 1.17 bits per heavy atom. The number of piperidine rings is 1. The summed E-state index contributed by atoms with van der Waals surface area (Å²) >= 11 is 1.59. The summed E-state index contributed by atoms with van der Waals surface area (Å²) in [5.41, 5.74) is 1.64. The van der Waals surface area contributed by atoms with Crippen LogP contribution in [0.2, 0.25) is 0 Å². The molecule has 1 aromatic heterocycles. The van der Waals surface area contributed by atoms with Crippen molar-refractivity contribution in [3.63, 3.8) is 0 Å². The zero-order valence-corrected chi connectivity index (χ0v) is 18.5. The molecule has 3 heterocycles. The molecule has 0 bridgehead atoms. The topological polar surface area (TPSA) is 86.8 Å². The van der Waals surface area contributed by atoms with Gasteiger partial charge in [-0.2, -0.15) is 0 Å². The third-order valence-corrected chi connectivity index (χ3v) is 7.69.